The fraction of sp³-hybridized carbons (Fsp3) is 0.636. The summed E-state index contributed by atoms with van der Waals surface area (Å²) in [7, 11) is 0. The van der Waals surface area contributed by atoms with Crippen LogP contribution in [0.2, 0.25) is 0 Å². The Labute approximate surface area is 297 Å². The second-order valence-corrected chi connectivity index (χ2v) is 19.1. The molecule has 268 valence electrons. The summed E-state index contributed by atoms with van der Waals surface area (Å²) in [4.78, 5) is 26.4. The lowest BCUT2D eigenvalue weighted by Crippen LogP contribution is -2.61. The number of allylic oxidation sites excluding steroid dienone is 3. The zero-order chi connectivity index (χ0) is 36.2. The number of Topliss-reactive ketones (excluding diaryl/α,β-unsaturated/α-hetero) is 1. The monoisotopic (exact) mass is 680 g/mol. The van der Waals surface area contributed by atoms with Crippen LogP contribution in [0, 0.1) is 45.8 Å². The molecule has 0 aromatic heterocycles. The Hall–Kier alpha value is -2.80. The number of carboxylic acid groups (broad SMARTS) is 1. The molecule has 1 heterocycles. The van der Waals surface area contributed by atoms with Gasteiger partial charge in [0, 0.05) is 34.3 Å². The van der Waals surface area contributed by atoms with Gasteiger partial charge in [-0.2, -0.15) is 0 Å². The van der Waals surface area contributed by atoms with Crippen LogP contribution < -0.4 is 0 Å². The highest BCUT2D eigenvalue weighted by Gasteiger charge is 2.73. The first-order chi connectivity index (χ1) is 23.2. The first kappa shape index (κ1) is 34.3. The number of benzene rings is 1. The second-order valence-electron chi connectivity index (χ2n) is 19.1. The number of rotatable bonds is 4. The van der Waals surface area contributed by atoms with Gasteiger partial charge in [-0.1, -0.05) is 57.2 Å². The van der Waals surface area contributed by atoms with Gasteiger partial charge in [0.15, 0.2) is 5.78 Å². The quantitative estimate of drug-likeness (QED) is 0.167. The van der Waals surface area contributed by atoms with Crippen LogP contribution in [0.15, 0.2) is 48.1 Å². The number of fused-ring (bicyclic) bond motifs is 11. The Morgan fingerprint density at radius 2 is 1.72 bits per heavy atom. The van der Waals surface area contributed by atoms with E-state index in [0.717, 1.165) is 53.5 Å². The number of aliphatic carboxylic acids is 1. The van der Waals surface area contributed by atoms with Crippen LogP contribution in [0.4, 0.5) is 0 Å². The Bertz CT molecular complexity index is 1840. The van der Waals surface area contributed by atoms with Crippen LogP contribution in [0.3, 0.4) is 0 Å². The maximum atomic E-state index is 14.9. The molecule has 12 unspecified atom stereocenters. The molecular formula is C44H56O6. The molecule has 0 bridgehead atoms. The summed E-state index contributed by atoms with van der Waals surface area (Å²) in [6.45, 7) is 23.5. The summed E-state index contributed by atoms with van der Waals surface area (Å²) < 4.78 is 6.54. The Kier molecular flexibility index (Phi) is 7.14. The van der Waals surface area contributed by atoms with Crippen molar-refractivity contribution in [3.8, 4) is 0 Å². The van der Waals surface area contributed by atoms with Crippen molar-refractivity contribution in [2.24, 2.45) is 45.8 Å². The maximum Gasteiger partial charge on any atom is 0.331 e. The van der Waals surface area contributed by atoms with Gasteiger partial charge in [-0.05, 0) is 142 Å². The predicted octanol–water partition coefficient (Wildman–Crippen LogP) is 8.70. The molecule has 12 atom stereocenters. The molecule has 6 aliphatic carbocycles. The van der Waals surface area contributed by atoms with Crippen molar-refractivity contribution in [1.82, 2.24) is 0 Å². The van der Waals surface area contributed by atoms with Gasteiger partial charge >= 0.3 is 5.97 Å². The van der Waals surface area contributed by atoms with Crippen LogP contribution in [0.25, 0.3) is 5.57 Å². The molecule has 6 nitrogen and oxygen atoms in total. The molecule has 1 aromatic carbocycles. The van der Waals surface area contributed by atoms with Crippen molar-refractivity contribution in [3.05, 3.63) is 75.9 Å². The van der Waals surface area contributed by atoms with Gasteiger partial charge in [0.1, 0.15) is 0 Å². The van der Waals surface area contributed by atoms with Crippen molar-refractivity contribution >= 4 is 17.3 Å². The molecule has 0 saturated heterocycles. The van der Waals surface area contributed by atoms with E-state index in [4.69, 9.17) is 4.74 Å². The van der Waals surface area contributed by atoms with E-state index in [9.17, 15) is 24.9 Å². The third-order valence-corrected chi connectivity index (χ3v) is 15.9. The van der Waals surface area contributed by atoms with Crippen molar-refractivity contribution in [1.29, 1.82) is 0 Å². The minimum Gasteiger partial charge on any atom is -0.478 e. The molecule has 6 heteroatoms. The van der Waals surface area contributed by atoms with Crippen LogP contribution in [0.1, 0.15) is 145 Å². The molecule has 0 spiro atoms. The average molecular weight is 681 g/mol. The largest absolute Gasteiger partial charge is 0.478 e. The van der Waals surface area contributed by atoms with Gasteiger partial charge in [0.2, 0.25) is 0 Å². The number of carbonyl (C=O) groups is 2. The van der Waals surface area contributed by atoms with E-state index < -0.39 is 34.8 Å². The van der Waals surface area contributed by atoms with Crippen molar-refractivity contribution in [2.75, 3.05) is 0 Å². The lowest BCUT2D eigenvalue weighted by atomic mass is 9.38. The van der Waals surface area contributed by atoms with Crippen molar-refractivity contribution in [3.63, 3.8) is 0 Å². The van der Waals surface area contributed by atoms with E-state index in [2.05, 4.69) is 73.3 Å². The average Bonchev–Trinajstić information content (AvgIpc) is 3.67. The summed E-state index contributed by atoms with van der Waals surface area (Å²) in [5.74, 6) is -0.119. The normalized spacial score (nSPS) is 44.6. The molecular weight excluding hydrogens is 624 g/mol. The van der Waals surface area contributed by atoms with Crippen molar-refractivity contribution in [2.45, 2.75) is 130 Å². The Morgan fingerprint density at radius 3 is 2.38 bits per heavy atom. The highest BCUT2D eigenvalue weighted by atomic mass is 16.5. The number of ether oxygens (including phenoxy) is 1. The maximum absolute atomic E-state index is 14.9. The van der Waals surface area contributed by atoms with Gasteiger partial charge in [0.05, 0.1) is 23.4 Å². The van der Waals surface area contributed by atoms with E-state index in [1.807, 2.05) is 13.0 Å². The summed E-state index contributed by atoms with van der Waals surface area (Å²) in [5, 5.41) is 33.3. The highest BCUT2D eigenvalue weighted by molar-refractivity contribution is 6.09. The third-order valence-electron chi connectivity index (χ3n) is 15.9. The van der Waals surface area contributed by atoms with Crippen LogP contribution in [-0.2, 0) is 9.53 Å². The lowest BCUT2D eigenvalue weighted by Gasteiger charge is -2.66. The summed E-state index contributed by atoms with van der Waals surface area (Å²) in [5.41, 5.74) is 5.60. The molecule has 0 radical (unpaired) electrons. The van der Waals surface area contributed by atoms with Crippen LogP contribution in [-0.4, -0.2) is 44.4 Å². The minimum absolute atomic E-state index is 0.0187. The predicted molar refractivity (Wildman–Crippen MR) is 195 cm³/mol. The Balaban J connectivity index is 1.29. The molecule has 1 aliphatic heterocycles. The first-order valence-electron chi connectivity index (χ1n) is 19.0. The molecule has 3 fully saturated rings. The van der Waals surface area contributed by atoms with E-state index >= 15 is 0 Å². The molecule has 7 aliphatic rings. The highest BCUT2D eigenvalue weighted by Crippen LogP contribution is 2.80. The van der Waals surface area contributed by atoms with Gasteiger partial charge in [-0.25, -0.2) is 4.79 Å². The number of carbonyl (C=O) groups excluding carboxylic acids is 1. The van der Waals surface area contributed by atoms with E-state index in [-0.39, 0.29) is 51.8 Å². The standard InChI is InChI=1S/C44H56O6/c1-21(2)30-33-31-24(19-25-27-20-40(4,5)50-41(6,7)36(27)38(47)32(25)34(31)37(30)46)26-18-23-13-14-28-42(8,16-11-12-22(3)39(48)49)29(45)15-17-43(28,9)44(23,10)35(26)33/h11-12,16,19-20,23,26,28-30,33,35-36,38,45,47H,1,13-15,17-18H2,2-10H3,(H,48,49). The Morgan fingerprint density at radius 1 is 1.02 bits per heavy atom. The number of aliphatic hydroxyl groups is 2. The second kappa shape index (κ2) is 10.4. The number of hydrogen-bond donors (Lipinski definition) is 3. The molecule has 8 rings (SSSR count). The van der Waals surface area contributed by atoms with Gasteiger partial charge in [0.25, 0.3) is 0 Å². The fourth-order valence-corrected chi connectivity index (χ4v) is 14.0. The van der Waals surface area contributed by atoms with Gasteiger partial charge in [-0.15, -0.1) is 0 Å². The zero-order valence-corrected chi connectivity index (χ0v) is 31.4. The molecule has 1 aromatic rings. The smallest absolute Gasteiger partial charge is 0.331 e. The van der Waals surface area contributed by atoms with E-state index in [1.54, 1.807) is 13.0 Å². The lowest BCUT2D eigenvalue weighted by molar-refractivity contribution is -0.186. The summed E-state index contributed by atoms with van der Waals surface area (Å²) >= 11 is 0. The number of ketones is 1. The number of hydrogen-bond acceptors (Lipinski definition) is 5. The van der Waals surface area contributed by atoms with E-state index in [1.165, 1.54) is 11.1 Å². The van der Waals surface area contributed by atoms with Crippen molar-refractivity contribution < 1.29 is 29.6 Å². The fourth-order valence-electron chi connectivity index (χ4n) is 14.0. The first-order valence-corrected chi connectivity index (χ1v) is 19.0. The van der Waals surface area contributed by atoms with Gasteiger partial charge < -0.3 is 20.1 Å². The van der Waals surface area contributed by atoms with Crippen LogP contribution in [0.5, 0.6) is 0 Å². The van der Waals surface area contributed by atoms with E-state index in [0.29, 0.717) is 18.3 Å². The molecule has 3 saturated carbocycles. The zero-order valence-electron chi connectivity index (χ0n) is 31.4. The topological polar surface area (TPSA) is 104 Å². The molecule has 50 heavy (non-hydrogen) atoms. The SMILES string of the molecule is C=C(C)C1C(=O)c2c3c(cc4c2C1C1C4CC2CCC4C(C)(C=CC=C(C)C(=O)O)C(O)CCC4(C)C21C)C1=CC(C)(C)OC(C)(C)C1C3O. The van der Waals surface area contributed by atoms with Crippen LogP contribution >= 0.6 is 0 Å². The van der Waals surface area contributed by atoms with Gasteiger partial charge in [-0.3, -0.25) is 4.79 Å². The minimum atomic E-state index is -0.938. The third kappa shape index (κ3) is 4.08. The number of carboxylic acids is 1. The molecule has 3 N–H and O–H groups in total. The molecule has 0 amide bonds. The summed E-state index contributed by atoms with van der Waals surface area (Å²) in [6, 6.07) is 2.39. The summed E-state index contributed by atoms with van der Waals surface area (Å²) in [6.07, 6.45) is 11.2. The number of aliphatic hydroxyl groups excluding tert-OH is 2.